The molecule has 1 fully saturated rings. The van der Waals surface area contributed by atoms with E-state index in [1.165, 1.54) is 6.33 Å². The Kier molecular flexibility index (Phi) is 7.26. The summed E-state index contributed by atoms with van der Waals surface area (Å²) in [5, 5.41) is 26.2. The van der Waals surface area contributed by atoms with Gasteiger partial charge in [-0.2, -0.15) is 5.10 Å². The van der Waals surface area contributed by atoms with Crippen LogP contribution in [0.5, 0.6) is 11.5 Å². The lowest BCUT2D eigenvalue weighted by atomic mass is 9.90. The molecule has 2 aromatic carbocycles. The fourth-order valence-corrected chi connectivity index (χ4v) is 3.96. The highest BCUT2D eigenvalue weighted by molar-refractivity contribution is 6.30. The first kappa shape index (κ1) is 22.5. The van der Waals surface area contributed by atoms with Crippen LogP contribution in [-0.4, -0.2) is 67.9 Å². The van der Waals surface area contributed by atoms with Crippen LogP contribution in [0.15, 0.2) is 61.2 Å². The van der Waals surface area contributed by atoms with Crippen molar-refractivity contribution in [2.24, 2.45) is 0 Å². The van der Waals surface area contributed by atoms with Gasteiger partial charge in [0.05, 0.1) is 12.6 Å². The van der Waals surface area contributed by atoms with Gasteiger partial charge in [-0.25, -0.2) is 9.67 Å². The number of likely N-dealkylation sites (tertiary alicyclic amines) is 1. The van der Waals surface area contributed by atoms with Crippen molar-refractivity contribution in [3.8, 4) is 11.5 Å². The first-order valence-corrected chi connectivity index (χ1v) is 10.9. The first-order chi connectivity index (χ1) is 15.5. The highest BCUT2D eigenvalue weighted by Gasteiger charge is 2.42. The van der Waals surface area contributed by atoms with Gasteiger partial charge in [-0.15, -0.1) is 0 Å². The molecule has 2 atom stereocenters. The minimum atomic E-state index is -1.37. The Morgan fingerprint density at radius 1 is 1.12 bits per heavy atom. The predicted octanol–water partition coefficient (Wildman–Crippen LogP) is 2.39. The second kappa shape index (κ2) is 10.3. The van der Waals surface area contributed by atoms with Crippen LogP contribution in [0.25, 0.3) is 0 Å². The van der Waals surface area contributed by atoms with Crippen molar-refractivity contribution < 1.29 is 19.7 Å². The van der Waals surface area contributed by atoms with Crippen molar-refractivity contribution in [1.82, 2.24) is 19.7 Å². The molecule has 1 saturated heterocycles. The van der Waals surface area contributed by atoms with Gasteiger partial charge >= 0.3 is 0 Å². The van der Waals surface area contributed by atoms with Gasteiger partial charge in [-0.3, -0.25) is 4.90 Å². The van der Waals surface area contributed by atoms with Crippen molar-refractivity contribution in [2.45, 2.75) is 31.2 Å². The van der Waals surface area contributed by atoms with Crippen LogP contribution >= 0.6 is 11.6 Å². The monoisotopic (exact) mass is 458 g/mol. The van der Waals surface area contributed by atoms with E-state index >= 15 is 0 Å². The number of aliphatic hydroxyl groups excluding tert-OH is 1. The lowest BCUT2D eigenvalue weighted by molar-refractivity contribution is -0.140. The molecule has 0 bridgehead atoms. The number of halogens is 1. The van der Waals surface area contributed by atoms with Crippen molar-refractivity contribution in [3.05, 3.63) is 71.8 Å². The zero-order valence-electron chi connectivity index (χ0n) is 17.7. The molecule has 1 aliphatic rings. The molecule has 0 spiro atoms. The number of ether oxygens (including phenoxy) is 2. The van der Waals surface area contributed by atoms with Crippen LogP contribution in [-0.2, 0) is 13.1 Å². The van der Waals surface area contributed by atoms with Gasteiger partial charge in [0.25, 0.3) is 0 Å². The van der Waals surface area contributed by atoms with Gasteiger partial charge in [0, 0.05) is 24.7 Å². The molecule has 0 amide bonds. The maximum Gasteiger partial charge on any atom is 0.137 e. The number of β-amino-alcohol motifs (C(OH)–C–C–N with tert-alkyl or cyclic N) is 1. The normalized spacial score (nSPS) is 21.4. The van der Waals surface area contributed by atoms with E-state index in [0.29, 0.717) is 50.0 Å². The number of hydrogen-bond donors (Lipinski definition) is 2. The largest absolute Gasteiger partial charge is 0.492 e. The maximum atomic E-state index is 11.1. The van der Waals surface area contributed by atoms with E-state index in [1.807, 2.05) is 24.3 Å². The minimum absolute atomic E-state index is 0.0174. The van der Waals surface area contributed by atoms with Crippen LogP contribution < -0.4 is 9.47 Å². The van der Waals surface area contributed by atoms with Crippen LogP contribution in [0.4, 0.5) is 0 Å². The number of rotatable bonds is 9. The maximum absolute atomic E-state index is 11.1. The number of nitrogens with zero attached hydrogens (tertiary/aromatic N) is 4. The highest BCUT2D eigenvalue weighted by atomic mass is 35.5. The SMILES string of the molecule is O[C@H]1CCN(Cc2cccc(OCCn3cncn3)c2)C[C@]1(O)COc1cccc(Cl)c1. The van der Waals surface area contributed by atoms with E-state index in [0.717, 1.165) is 11.3 Å². The molecule has 0 saturated carbocycles. The summed E-state index contributed by atoms with van der Waals surface area (Å²) in [4.78, 5) is 6.03. The molecule has 9 heteroatoms. The fourth-order valence-electron chi connectivity index (χ4n) is 3.78. The molecule has 3 aromatic rings. The summed E-state index contributed by atoms with van der Waals surface area (Å²) in [6, 6.07) is 14.9. The smallest absolute Gasteiger partial charge is 0.137 e. The molecule has 1 aliphatic heterocycles. The molecule has 0 radical (unpaired) electrons. The summed E-state index contributed by atoms with van der Waals surface area (Å²) in [5.41, 5.74) is -0.301. The van der Waals surface area contributed by atoms with Gasteiger partial charge in [0.15, 0.2) is 0 Å². The van der Waals surface area contributed by atoms with Crippen LogP contribution in [0.2, 0.25) is 5.02 Å². The molecular weight excluding hydrogens is 432 g/mol. The Balaban J connectivity index is 1.32. The number of aromatic nitrogens is 3. The average molecular weight is 459 g/mol. The number of hydrogen-bond acceptors (Lipinski definition) is 7. The summed E-state index contributed by atoms with van der Waals surface area (Å²) in [6.07, 6.45) is 2.76. The molecule has 8 nitrogen and oxygen atoms in total. The molecule has 0 unspecified atom stereocenters. The van der Waals surface area contributed by atoms with Crippen LogP contribution in [0.3, 0.4) is 0 Å². The van der Waals surface area contributed by atoms with E-state index in [2.05, 4.69) is 15.0 Å². The van der Waals surface area contributed by atoms with E-state index in [9.17, 15) is 10.2 Å². The van der Waals surface area contributed by atoms with Gasteiger partial charge in [-0.05, 0) is 42.3 Å². The summed E-state index contributed by atoms with van der Waals surface area (Å²) >= 11 is 6.00. The van der Waals surface area contributed by atoms with Crippen LogP contribution in [0.1, 0.15) is 12.0 Å². The fraction of sp³-hybridized carbons (Fsp3) is 0.391. The zero-order chi connectivity index (χ0) is 22.4. The summed E-state index contributed by atoms with van der Waals surface area (Å²) in [5.74, 6) is 1.34. The summed E-state index contributed by atoms with van der Waals surface area (Å²) in [7, 11) is 0. The third kappa shape index (κ3) is 5.98. The summed E-state index contributed by atoms with van der Waals surface area (Å²) in [6.45, 7) is 2.70. The first-order valence-electron chi connectivity index (χ1n) is 10.6. The predicted molar refractivity (Wildman–Crippen MR) is 120 cm³/mol. The van der Waals surface area contributed by atoms with Crippen LogP contribution in [0, 0.1) is 0 Å². The lowest BCUT2D eigenvalue weighted by Crippen LogP contribution is -2.59. The molecule has 4 rings (SSSR count). The van der Waals surface area contributed by atoms with E-state index < -0.39 is 11.7 Å². The number of piperidine rings is 1. The second-order valence-electron chi connectivity index (χ2n) is 8.02. The Morgan fingerprint density at radius 3 is 2.72 bits per heavy atom. The Labute approximate surface area is 192 Å². The molecule has 2 N–H and O–H groups in total. The van der Waals surface area contributed by atoms with Gasteiger partial charge < -0.3 is 19.7 Å². The third-order valence-corrected chi connectivity index (χ3v) is 5.72. The van der Waals surface area contributed by atoms with Crippen molar-refractivity contribution >= 4 is 11.6 Å². The van der Waals surface area contributed by atoms with Gasteiger partial charge in [-0.1, -0.05) is 29.8 Å². The topological polar surface area (TPSA) is 92.9 Å². The lowest BCUT2D eigenvalue weighted by Gasteiger charge is -2.42. The standard InChI is InChI=1S/C23H27ClN4O4/c24-19-4-2-6-21(12-19)32-15-23(30)14-27(8-7-22(23)29)13-18-3-1-5-20(11-18)31-10-9-28-17-25-16-26-28/h1-6,11-12,16-17,22,29-30H,7-10,13-15H2/t22-,23-/m0/s1. The Bertz CT molecular complexity index is 1000. The van der Waals surface area contributed by atoms with Crippen molar-refractivity contribution in [2.75, 3.05) is 26.3 Å². The second-order valence-corrected chi connectivity index (χ2v) is 8.46. The zero-order valence-corrected chi connectivity index (χ0v) is 18.4. The minimum Gasteiger partial charge on any atom is -0.492 e. The van der Waals surface area contributed by atoms with Crippen molar-refractivity contribution in [1.29, 1.82) is 0 Å². The summed E-state index contributed by atoms with van der Waals surface area (Å²) < 4.78 is 13.3. The Hall–Kier alpha value is -2.65. The molecule has 2 heterocycles. The Morgan fingerprint density at radius 2 is 1.94 bits per heavy atom. The third-order valence-electron chi connectivity index (χ3n) is 5.48. The highest BCUT2D eigenvalue weighted by Crippen LogP contribution is 2.26. The average Bonchev–Trinajstić information content (AvgIpc) is 3.29. The molecular formula is C23H27ClN4O4. The molecule has 170 valence electrons. The molecule has 32 heavy (non-hydrogen) atoms. The molecule has 0 aliphatic carbocycles. The van der Waals surface area contributed by atoms with E-state index in [-0.39, 0.29) is 6.61 Å². The number of aliphatic hydroxyl groups is 2. The quantitative estimate of drug-likeness (QED) is 0.508. The number of benzene rings is 2. The molecule has 1 aromatic heterocycles. The van der Waals surface area contributed by atoms with Gasteiger partial charge in [0.2, 0.25) is 0 Å². The van der Waals surface area contributed by atoms with Gasteiger partial charge in [0.1, 0.15) is 43.0 Å². The van der Waals surface area contributed by atoms with Crippen molar-refractivity contribution in [3.63, 3.8) is 0 Å². The van der Waals surface area contributed by atoms with E-state index in [4.69, 9.17) is 21.1 Å². The van der Waals surface area contributed by atoms with E-state index in [1.54, 1.807) is 35.3 Å².